The first-order valence-corrected chi connectivity index (χ1v) is 7.71. The summed E-state index contributed by atoms with van der Waals surface area (Å²) in [6.45, 7) is 2.55. The van der Waals surface area contributed by atoms with Gasteiger partial charge in [0.05, 0.1) is 5.41 Å². The Balaban J connectivity index is 1.87. The molecule has 2 fully saturated rings. The molecule has 2 heterocycles. The molecule has 2 N–H and O–H groups in total. The minimum Gasteiger partial charge on any atom is -0.481 e. The van der Waals surface area contributed by atoms with E-state index in [1.54, 1.807) is 4.90 Å². The molecule has 2 aliphatic rings. The zero-order valence-corrected chi connectivity index (χ0v) is 11.7. The van der Waals surface area contributed by atoms with Gasteiger partial charge in [0, 0.05) is 44.4 Å². The Morgan fingerprint density at radius 3 is 2.47 bits per heavy atom. The van der Waals surface area contributed by atoms with Gasteiger partial charge in [-0.15, -0.1) is 0 Å². The number of carboxylic acids is 1. The summed E-state index contributed by atoms with van der Waals surface area (Å²) in [5.74, 6) is 1.06. The fourth-order valence-electron chi connectivity index (χ4n) is 2.35. The molecule has 0 radical (unpaired) electrons. The second-order valence-electron chi connectivity index (χ2n) is 4.96. The van der Waals surface area contributed by atoms with Crippen molar-refractivity contribution in [2.24, 2.45) is 5.41 Å². The number of hydrogen-bond acceptors (Lipinski definition) is 4. The molecule has 0 saturated carbocycles. The number of hydrogen-bond donors (Lipinski definition) is 2. The van der Waals surface area contributed by atoms with Gasteiger partial charge in [0.25, 0.3) is 0 Å². The van der Waals surface area contributed by atoms with Crippen LogP contribution in [0.25, 0.3) is 0 Å². The SMILES string of the molecule is O=C(NCC1(C(=O)O)CCOCC1)N1CCSCC1. The predicted molar refractivity (Wildman–Crippen MR) is 72.4 cm³/mol. The molecule has 2 amide bonds. The highest BCUT2D eigenvalue weighted by atomic mass is 32.2. The third-order valence-corrected chi connectivity index (χ3v) is 4.72. The average Bonchev–Trinajstić information content (AvgIpc) is 2.46. The van der Waals surface area contributed by atoms with Gasteiger partial charge in [0.15, 0.2) is 0 Å². The van der Waals surface area contributed by atoms with E-state index in [4.69, 9.17) is 4.74 Å². The third kappa shape index (κ3) is 3.54. The van der Waals surface area contributed by atoms with Crippen molar-refractivity contribution in [3.63, 3.8) is 0 Å². The summed E-state index contributed by atoms with van der Waals surface area (Å²) < 4.78 is 5.21. The van der Waals surface area contributed by atoms with Crippen LogP contribution in [0.5, 0.6) is 0 Å². The van der Waals surface area contributed by atoms with E-state index in [0.29, 0.717) is 26.1 Å². The van der Waals surface area contributed by atoms with E-state index in [1.807, 2.05) is 11.8 Å². The monoisotopic (exact) mass is 288 g/mol. The first-order chi connectivity index (χ1) is 9.14. The molecule has 0 bridgehead atoms. The molecule has 2 rings (SSSR count). The van der Waals surface area contributed by atoms with Gasteiger partial charge >= 0.3 is 12.0 Å². The number of thioether (sulfide) groups is 1. The number of carboxylic acid groups (broad SMARTS) is 1. The first-order valence-electron chi connectivity index (χ1n) is 6.56. The van der Waals surface area contributed by atoms with Crippen LogP contribution in [0, 0.1) is 5.41 Å². The molecule has 2 aliphatic heterocycles. The van der Waals surface area contributed by atoms with Crippen molar-refractivity contribution >= 4 is 23.8 Å². The van der Waals surface area contributed by atoms with Gasteiger partial charge in [-0.1, -0.05) is 0 Å². The maximum atomic E-state index is 12.0. The van der Waals surface area contributed by atoms with Crippen molar-refractivity contribution in [2.45, 2.75) is 12.8 Å². The second kappa shape index (κ2) is 6.47. The van der Waals surface area contributed by atoms with Crippen LogP contribution < -0.4 is 5.32 Å². The summed E-state index contributed by atoms with van der Waals surface area (Å²) in [5, 5.41) is 12.2. The summed E-state index contributed by atoms with van der Waals surface area (Å²) in [6.07, 6.45) is 0.914. The zero-order valence-electron chi connectivity index (χ0n) is 10.9. The molecule has 108 valence electrons. The zero-order chi connectivity index (χ0) is 13.7. The Bertz CT molecular complexity index is 339. The van der Waals surface area contributed by atoms with Crippen molar-refractivity contribution < 1.29 is 19.4 Å². The molecule has 19 heavy (non-hydrogen) atoms. The predicted octanol–water partition coefficient (Wildman–Crippen LogP) is 0.626. The van der Waals surface area contributed by atoms with E-state index in [2.05, 4.69) is 5.32 Å². The summed E-state index contributed by atoms with van der Waals surface area (Å²) in [6, 6.07) is -0.146. The Labute approximate surface area is 116 Å². The number of carbonyl (C=O) groups is 2. The Morgan fingerprint density at radius 2 is 1.89 bits per heavy atom. The Hall–Kier alpha value is -0.950. The Morgan fingerprint density at radius 1 is 1.26 bits per heavy atom. The lowest BCUT2D eigenvalue weighted by atomic mass is 9.80. The maximum Gasteiger partial charge on any atom is 0.317 e. The number of ether oxygens (including phenoxy) is 1. The summed E-state index contributed by atoms with van der Waals surface area (Å²) >= 11 is 1.83. The molecule has 0 spiro atoms. The van der Waals surface area contributed by atoms with E-state index in [0.717, 1.165) is 24.6 Å². The number of urea groups is 1. The fraction of sp³-hybridized carbons (Fsp3) is 0.833. The number of carbonyl (C=O) groups excluding carboxylic acids is 1. The molecule has 0 atom stereocenters. The van der Waals surface area contributed by atoms with Crippen LogP contribution in [-0.2, 0) is 9.53 Å². The molecule has 0 aliphatic carbocycles. The van der Waals surface area contributed by atoms with E-state index < -0.39 is 11.4 Å². The van der Waals surface area contributed by atoms with E-state index in [-0.39, 0.29) is 12.6 Å². The molecule has 7 heteroatoms. The summed E-state index contributed by atoms with van der Waals surface area (Å²) in [7, 11) is 0. The highest BCUT2D eigenvalue weighted by molar-refractivity contribution is 7.99. The minimum absolute atomic E-state index is 0.146. The van der Waals surface area contributed by atoms with E-state index in [1.165, 1.54) is 0 Å². The molecular weight excluding hydrogens is 268 g/mol. The second-order valence-corrected chi connectivity index (χ2v) is 6.18. The lowest BCUT2D eigenvalue weighted by Gasteiger charge is -2.34. The average molecular weight is 288 g/mol. The van der Waals surface area contributed by atoms with Crippen molar-refractivity contribution in [3.8, 4) is 0 Å². The van der Waals surface area contributed by atoms with Gasteiger partial charge in [-0.25, -0.2) is 4.79 Å². The molecule has 0 aromatic heterocycles. The van der Waals surface area contributed by atoms with Crippen molar-refractivity contribution in [1.29, 1.82) is 0 Å². The van der Waals surface area contributed by atoms with Crippen LogP contribution in [0.15, 0.2) is 0 Å². The van der Waals surface area contributed by atoms with Gasteiger partial charge in [-0.3, -0.25) is 4.79 Å². The molecule has 6 nitrogen and oxygen atoms in total. The number of nitrogens with zero attached hydrogens (tertiary/aromatic N) is 1. The van der Waals surface area contributed by atoms with Gasteiger partial charge in [-0.2, -0.15) is 11.8 Å². The lowest BCUT2D eigenvalue weighted by Crippen LogP contribution is -2.51. The Kier molecular flexibility index (Phi) is 4.93. The van der Waals surface area contributed by atoms with Crippen LogP contribution in [0.4, 0.5) is 4.79 Å². The first kappa shape index (κ1) is 14.5. The summed E-state index contributed by atoms with van der Waals surface area (Å²) in [4.78, 5) is 25.2. The topological polar surface area (TPSA) is 78.9 Å². The number of nitrogens with one attached hydrogen (secondary N) is 1. The smallest absolute Gasteiger partial charge is 0.317 e. The van der Waals surface area contributed by atoms with Gasteiger partial charge in [-0.05, 0) is 12.8 Å². The van der Waals surface area contributed by atoms with Crippen molar-refractivity contribution in [2.75, 3.05) is 44.4 Å². The van der Waals surface area contributed by atoms with Crippen LogP contribution in [0.2, 0.25) is 0 Å². The van der Waals surface area contributed by atoms with E-state index >= 15 is 0 Å². The number of aliphatic carboxylic acids is 1. The van der Waals surface area contributed by atoms with Crippen LogP contribution in [-0.4, -0.2) is 66.4 Å². The summed E-state index contributed by atoms with van der Waals surface area (Å²) in [5.41, 5.74) is -0.863. The highest BCUT2D eigenvalue weighted by Gasteiger charge is 2.40. The van der Waals surface area contributed by atoms with Crippen molar-refractivity contribution in [1.82, 2.24) is 10.2 Å². The number of amides is 2. The fourth-order valence-corrected chi connectivity index (χ4v) is 3.25. The van der Waals surface area contributed by atoms with Gasteiger partial charge in [0.2, 0.25) is 0 Å². The third-order valence-electron chi connectivity index (χ3n) is 3.78. The van der Waals surface area contributed by atoms with Gasteiger partial charge < -0.3 is 20.1 Å². The largest absolute Gasteiger partial charge is 0.481 e. The van der Waals surface area contributed by atoms with Crippen LogP contribution in [0.1, 0.15) is 12.8 Å². The molecule has 0 unspecified atom stereocenters. The molecule has 0 aromatic rings. The maximum absolute atomic E-state index is 12.0. The van der Waals surface area contributed by atoms with Crippen LogP contribution in [0.3, 0.4) is 0 Å². The molecule has 0 aromatic carbocycles. The molecule has 2 saturated heterocycles. The highest BCUT2D eigenvalue weighted by Crippen LogP contribution is 2.30. The van der Waals surface area contributed by atoms with Crippen LogP contribution >= 0.6 is 11.8 Å². The standard InChI is InChI=1S/C12H20N2O4S/c15-10(16)12(1-5-18-6-2-12)9-13-11(17)14-3-7-19-8-4-14/h1-9H2,(H,13,17)(H,15,16). The minimum atomic E-state index is -0.863. The normalized spacial score (nSPS) is 22.8. The lowest BCUT2D eigenvalue weighted by molar-refractivity contribution is -0.154. The quantitative estimate of drug-likeness (QED) is 0.796. The van der Waals surface area contributed by atoms with E-state index in [9.17, 15) is 14.7 Å². The van der Waals surface area contributed by atoms with Gasteiger partial charge in [0.1, 0.15) is 0 Å². The molecular formula is C12H20N2O4S. The van der Waals surface area contributed by atoms with Crippen molar-refractivity contribution in [3.05, 3.63) is 0 Å². The number of rotatable bonds is 3.